The van der Waals surface area contributed by atoms with Gasteiger partial charge in [-0.1, -0.05) is 58.3 Å². The van der Waals surface area contributed by atoms with Crippen LogP contribution in [0.3, 0.4) is 0 Å². The second kappa shape index (κ2) is 14.9. The van der Waals surface area contributed by atoms with Gasteiger partial charge in [0.1, 0.15) is 5.78 Å². The quantitative estimate of drug-likeness (QED) is 0.219. The maximum Gasteiger partial charge on any atom is 0.346 e. The van der Waals surface area contributed by atoms with Gasteiger partial charge in [-0.15, -0.1) is 0 Å². The summed E-state index contributed by atoms with van der Waals surface area (Å²) in [4.78, 5) is 23.5. The normalized spacial score (nSPS) is 22.2. The summed E-state index contributed by atoms with van der Waals surface area (Å²) in [5.74, 6) is -0.882. The standard InChI is InChI=1S/C23H41FO6/c1-2-3-4-5-6-8-11-18-13-14-20(26)19(18)12-9-7-10-15-23(24,21(27)28)22(29)30-17-16-25/h18-19,22,25,29H,2-17H2,1H3,(H,27,28)/t18-,19+,22?,23?/m0/s1. The molecule has 1 aliphatic carbocycles. The molecule has 0 aromatic rings. The summed E-state index contributed by atoms with van der Waals surface area (Å²) in [5, 5.41) is 27.5. The topological polar surface area (TPSA) is 104 Å². The molecule has 1 aliphatic rings. The maximum atomic E-state index is 14.6. The number of carbonyl (C=O) groups excluding carboxylic acids is 1. The van der Waals surface area contributed by atoms with Crippen LogP contribution in [-0.4, -0.2) is 52.2 Å². The number of aliphatic hydroxyl groups is 2. The molecule has 3 N–H and O–H groups in total. The number of carboxylic acids is 1. The van der Waals surface area contributed by atoms with Crippen molar-refractivity contribution >= 4 is 11.8 Å². The zero-order chi connectivity index (χ0) is 22.4. The lowest BCUT2D eigenvalue weighted by Crippen LogP contribution is -2.47. The number of ketones is 1. The second-order valence-corrected chi connectivity index (χ2v) is 8.64. The molecule has 1 saturated carbocycles. The highest BCUT2D eigenvalue weighted by atomic mass is 19.1. The number of hydrogen-bond donors (Lipinski definition) is 3. The van der Waals surface area contributed by atoms with Crippen molar-refractivity contribution in [3.63, 3.8) is 0 Å². The molecule has 0 aromatic carbocycles. The van der Waals surface area contributed by atoms with E-state index in [4.69, 9.17) is 10.2 Å². The highest BCUT2D eigenvalue weighted by Crippen LogP contribution is 2.36. The van der Waals surface area contributed by atoms with Crippen LogP contribution in [0.25, 0.3) is 0 Å². The Bertz CT molecular complexity index is 500. The predicted octanol–water partition coefficient (Wildman–Crippen LogP) is 4.40. The van der Waals surface area contributed by atoms with Crippen LogP contribution >= 0.6 is 0 Å². The maximum absolute atomic E-state index is 14.6. The highest BCUT2D eigenvalue weighted by molar-refractivity contribution is 5.83. The number of unbranched alkanes of at least 4 members (excludes halogenated alkanes) is 7. The first kappa shape index (κ1) is 27.0. The zero-order valence-corrected chi connectivity index (χ0v) is 18.5. The number of alkyl halides is 1. The van der Waals surface area contributed by atoms with Crippen molar-refractivity contribution < 1.29 is 34.0 Å². The third-order valence-corrected chi connectivity index (χ3v) is 6.34. The average Bonchev–Trinajstić information content (AvgIpc) is 3.07. The molecule has 0 aliphatic heterocycles. The first-order valence-corrected chi connectivity index (χ1v) is 11.7. The third kappa shape index (κ3) is 8.98. The summed E-state index contributed by atoms with van der Waals surface area (Å²) in [6.07, 6.45) is 10.1. The SMILES string of the molecule is CCCCCCCC[C@H]1CCC(=O)[C@@H]1CCCCCC(F)(C(=O)O)C(O)OCCO. The molecule has 0 spiro atoms. The van der Waals surface area contributed by atoms with E-state index >= 15 is 0 Å². The van der Waals surface area contributed by atoms with Crippen molar-refractivity contribution in [3.8, 4) is 0 Å². The van der Waals surface area contributed by atoms with Crippen molar-refractivity contribution in [2.75, 3.05) is 13.2 Å². The van der Waals surface area contributed by atoms with Crippen LogP contribution in [0.2, 0.25) is 0 Å². The van der Waals surface area contributed by atoms with E-state index in [1.165, 1.54) is 38.5 Å². The summed E-state index contributed by atoms with van der Waals surface area (Å²) in [5.41, 5.74) is -2.89. The average molecular weight is 433 g/mol. The molecule has 30 heavy (non-hydrogen) atoms. The number of rotatable bonds is 18. The van der Waals surface area contributed by atoms with E-state index in [0.29, 0.717) is 24.5 Å². The number of ether oxygens (including phenoxy) is 1. The first-order chi connectivity index (χ1) is 14.4. The van der Waals surface area contributed by atoms with Crippen molar-refractivity contribution in [3.05, 3.63) is 0 Å². The van der Waals surface area contributed by atoms with Crippen molar-refractivity contribution in [1.29, 1.82) is 0 Å². The lowest BCUT2D eigenvalue weighted by Gasteiger charge is -2.26. The molecule has 1 rings (SSSR count). The second-order valence-electron chi connectivity index (χ2n) is 8.64. The van der Waals surface area contributed by atoms with Gasteiger partial charge >= 0.3 is 5.97 Å². The van der Waals surface area contributed by atoms with Crippen molar-refractivity contribution in [2.45, 2.75) is 109 Å². The Hall–Kier alpha value is -1.05. The Balaban J connectivity index is 2.32. The number of aliphatic carboxylic acids is 1. The van der Waals surface area contributed by atoms with Crippen LogP contribution in [0, 0.1) is 11.8 Å². The summed E-state index contributed by atoms with van der Waals surface area (Å²) < 4.78 is 19.3. The lowest BCUT2D eigenvalue weighted by atomic mass is 9.86. The van der Waals surface area contributed by atoms with Crippen LogP contribution in [0.15, 0.2) is 0 Å². The van der Waals surface area contributed by atoms with E-state index in [2.05, 4.69) is 11.7 Å². The Morgan fingerprint density at radius 2 is 1.77 bits per heavy atom. The van der Waals surface area contributed by atoms with Gasteiger partial charge in [-0.3, -0.25) is 4.79 Å². The number of Topliss-reactive ketones (excluding diaryl/α,β-unsaturated/α-hetero) is 1. The first-order valence-electron chi connectivity index (χ1n) is 11.7. The monoisotopic (exact) mass is 432 g/mol. The minimum absolute atomic E-state index is 0.0914. The molecule has 0 aromatic heterocycles. The molecule has 0 radical (unpaired) electrons. The molecule has 2 unspecified atom stereocenters. The summed E-state index contributed by atoms with van der Waals surface area (Å²) in [7, 11) is 0. The molecule has 7 heteroatoms. The van der Waals surface area contributed by atoms with Gasteiger partial charge in [-0.05, 0) is 38.0 Å². The Labute approximate surface area is 180 Å². The van der Waals surface area contributed by atoms with E-state index in [9.17, 15) is 19.1 Å². The van der Waals surface area contributed by atoms with Gasteiger partial charge in [0, 0.05) is 12.3 Å². The minimum atomic E-state index is -2.89. The Morgan fingerprint density at radius 3 is 2.43 bits per heavy atom. The Kier molecular flexibility index (Phi) is 13.4. The molecule has 0 amide bonds. The minimum Gasteiger partial charge on any atom is -0.479 e. The number of aliphatic hydroxyl groups excluding tert-OH is 2. The summed E-state index contributed by atoms with van der Waals surface area (Å²) in [6, 6.07) is 0. The van der Waals surface area contributed by atoms with E-state index in [0.717, 1.165) is 25.7 Å². The molecular weight excluding hydrogens is 391 g/mol. The van der Waals surface area contributed by atoms with E-state index in [1.807, 2.05) is 0 Å². The van der Waals surface area contributed by atoms with Crippen molar-refractivity contribution in [1.82, 2.24) is 0 Å². The molecule has 0 heterocycles. The van der Waals surface area contributed by atoms with Gasteiger partial charge in [0.15, 0.2) is 0 Å². The van der Waals surface area contributed by atoms with Gasteiger partial charge < -0.3 is 20.1 Å². The highest BCUT2D eigenvalue weighted by Gasteiger charge is 2.46. The fourth-order valence-corrected chi connectivity index (χ4v) is 4.46. The van der Waals surface area contributed by atoms with Gasteiger partial charge in [-0.2, -0.15) is 0 Å². The van der Waals surface area contributed by atoms with Crippen LogP contribution in [-0.2, 0) is 14.3 Å². The van der Waals surface area contributed by atoms with Crippen molar-refractivity contribution in [2.24, 2.45) is 11.8 Å². The van der Waals surface area contributed by atoms with Crippen LogP contribution < -0.4 is 0 Å². The summed E-state index contributed by atoms with van der Waals surface area (Å²) >= 11 is 0. The largest absolute Gasteiger partial charge is 0.479 e. The molecule has 6 nitrogen and oxygen atoms in total. The fourth-order valence-electron chi connectivity index (χ4n) is 4.46. The number of hydrogen-bond acceptors (Lipinski definition) is 5. The molecular formula is C23H41FO6. The molecule has 176 valence electrons. The van der Waals surface area contributed by atoms with Gasteiger partial charge in [-0.25, -0.2) is 9.18 Å². The fraction of sp³-hybridized carbons (Fsp3) is 0.913. The van der Waals surface area contributed by atoms with Gasteiger partial charge in [0.05, 0.1) is 13.2 Å². The van der Waals surface area contributed by atoms with Gasteiger partial charge in [0.2, 0.25) is 6.29 Å². The summed E-state index contributed by atoms with van der Waals surface area (Å²) in [6.45, 7) is 1.45. The smallest absolute Gasteiger partial charge is 0.346 e. The molecule has 0 bridgehead atoms. The third-order valence-electron chi connectivity index (χ3n) is 6.34. The molecule has 1 fully saturated rings. The lowest BCUT2D eigenvalue weighted by molar-refractivity contribution is -0.206. The van der Waals surface area contributed by atoms with E-state index in [1.54, 1.807) is 0 Å². The Morgan fingerprint density at radius 1 is 1.13 bits per heavy atom. The number of halogens is 1. The molecule has 0 saturated heterocycles. The zero-order valence-electron chi connectivity index (χ0n) is 18.5. The number of carboxylic acid groups (broad SMARTS) is 1. The van der Waals surface area contributed by atoms with E-state index < -0.39 is 24.5 Å². The predicted molar refractivity (Wildman–Crippen MR) is 113 cm³/mol. The van der Waals surface area contributed by atoms with Crippen LogP contribution in [0.4, 0.5) is 4.39 Å². The van der Waals surface area contributed by atoms with E-state index in [-0.39, 0.29) is 25.4 Å². The molecule has 4 atom stereocenters. The van der Waals surface area contributed by atoms with Crippen LogP contribution in [0.5, 0.6) is 0 Å². The van der Waals surface area contributed by atoms with Crippen LogP contribution in [0.1, 0.15) is 96.8 Å². The van der Waals surface area contributed by atoms with Gasteiger partial charge in [0.25, 0.3) is 5.67 Å². The number of carbonyl (C=O) groups is 2.